The molecule has 0 saturated heterocycles. The van der Waals surface area contributed by atoms with E-state index in [1.54, 1.807) is 25.6 Å². The summed E-state index contributed by atoms with van der Waals surface area (Å²) >= 11 is 0. The number of rotatable bonds is 5. The Kier molecular flexibility index (Phi) is 3.72. The van der Waals surface area contributed by atoms with Crippen molar-refractivity contribution in [2.75, 3.05) is 19.5 Å². The van der Waals surface area contributed by atoms with E-state index >= 15 is 0 Å². The second kappa shape index (κ2) is 5.45. The zero-order chi connectivity index (χ0) is 12.1. The molecule has 0 amide bonds. The van der Waals surface area contributed by atoms with E-state index in [9.17, 15) is 0 Å². The van der Waals surface area contributed by atoms with Crippen LogP contribution in [0.1, 0.15) is 6.42 Å². The standard InChI is InChI=1S/C12H16N4O/c1-17-8-2-7-16-11(5-6-15-16)10-3-4-12(13)14-9-10/h3-6,9H,2,7-8H2,1H3,(H2,13,14). The van der Waals surface area contributed by atoms with Gasteiger partial charge in [-0.2, -0.15) is 5.10 Å². The number of ether oxygens (including phenoxy) is 1. The van der Waals surface area contributed by atoms with E-state index in [4.69, 9.17) is 10.5 Å². The van der Waals surface area contributed by atoms with Crippen LogP contribution in [0.3, 0.4) is 0 Å². The normalized spacial score (nSPS) is 10.6. The molecule has 0 aliphatic heterocycles. The molecule has 2 heterocycles. The molecule has 0 bridgehead atoms. The molecule has 0 saturated carbocycles. The lowest BCUT2D eigenvalue weighted by Gasteiger charge is -2.07. The molecule has 17 heavy (non-hydrogen) atoms. The van der Waals surface area contributed by atoms with E-state index in [1.807, 2.05) is 16.8 Å². The molecule has 2 rings (SSSR count). The number of anilines is 1. The number of nitrogen functional groups attached to an aromatic ring is 1. The van der Waals surface area contributed by atoms with Crippen LogP contribution in [0.4, 0.5) is 5.82 Å². The van der Waals surface area contributed by atoms with Gasteiger partial charge in [-0.15, -0.1) is 0 Å². The first-order valence-corrected chi connectivity index (χ1v) is 5.54. The lowest BCUT2D eigenvalue weighted by atomic mass is 10.2. The Balaban J connectivity index is 2.15. The zero-order valence-corrected chi connectivity index (χ0v) is 9.84. The van der Waals surface area contributed by atoms with E-state index < -0.39 is 0 Å². The maximum Gasteiger partial charge on any atom is 0.123 e. The number of hydrogen-bond acceptors (Lipinski definition) is 4. The van der Waals surface area contributed by atoms with Crippen molar-refractivity contribution in [2.45, 2.75) is 13.0 Å². The predicted octanol–water partition coefficient (Wildman–Crippen LogP) is 1.56. The molecule has 5 heteroatoms. The molecule has 0 atom stereocenters. The van der Waals surface area contributed by atoms with Crippen molar-refractivity contribution in [3.8, 4) is 11.3 Å². The highest BCUT2D eigenvalue weighted by Crippen LogP contribution is 2.18. The van der Waals surface area contributed by atoms with Gasteiger partial charge in [0.25, 0.3) is 0 Å². The van der Waals surface area contributed by atoms with E-state index in [2.05, 4.69) is 10.1 Å². The van der Waals surface area contributed by atoms with Crippen molar-refractivity contribution >= 4 is 5.82 Å². The van der Waals surface area contributed by atoms with Gasteiger partial charge in [0.1, 0.15) is 5.82 Å². The van der Waals surface area contributed by atoms with Crippen LogP contribution < -0.4 is 5.73 Å². The van der Waals surface area contributed by atoms with E-state index in [-0.39, 0.29) is 0 Å². The third-order valence-corrected chi connectivity index (χ3v) is 2.52. The Hall–Kier alpha value is -1.88. The molecule has 2 aromatic rings. The molecule has 0 aromatic carbocycles. The molecule has 90 valence electrons. The van der Waals surface area contributed by atoms with Crippen molar-refractivity contribution in [2.24, 2.45) is 0 Å². The van der Waals surface area contributed by atoms with Gasteiger partial charge in [0.2, 0.25) is 0 Å². The summed E-state index contributed by atoms with van der Waals surface area (Å²) in [6, 6.07) is 5.72. The lowest BCUT2D eigenvalue weighted by molar-refractivity contribution is 0.189. The topological polar surface area (TPSA) is 66.0 Å². The molecule has 0 fully saturated rings. The average molecular weight is 232 g/mol. The van der Waals surface area contributed by atoms with Gasteiger partial charge in [-0.3, -0.25) is 4.68 Å². The number of pyridine rings is 1. The first-order chi connectivity index (χ1) is 8.31. The minimum atomic E-state index is 0.527. The van der Waals surface area contributed by atoms with Crippen LogP contribution in [0, 0.1) is 0 Å². The third kappa shape index (κ3) is 2.82. The number of hydrogen-bond donors (Lipinski definition) is 1. The molecule has 0 aliphatic rings. The maximum absolute atomic E-state index is 5.57. The van der Waals surface area contributed by atoms with Crippen LogP contribution >= 0.6 is 0 Å². The number of nitrogens with two attached hydrogens (primary N) is 1. The maximum atomic E-state index is 5.57. The number of nitrogens with zero attached hydrogens (tertiary/aromatic N) is 3. The molecule has 0 unspecified atom stereocenters. The average Bonchev–Trinajstić information content (AvgIpc) is 2.79. The highest BCUT2D eigenvalue weighted by Gasteiger charge is 2.05. The Labute approximate surface area is 100 Å². The van der Waals surface area contributed by atoms with Crippen molar-refractivity contribution in [1.29, 1.82) is 0 Å². The van der Waals surface area contributed by atoms with Crippen molar-refractivity contribution < 1.29 is 4.74 Å². The second-order valence-electron chi connectivity index (χ2n) is 3.76. The van der Waals surface area contributed by atoms with Crippen LogP contribution in [0.2, 0.25) is 0 Å². The quantitative estimate of drug-likeness (QED) is 0.794. The molecular formula is C12H16N4O. The SMILES string of the molecule is COCCCn1nccc1-c1ccc(N)nc1. The Morgan fingerprint density at radius 2 is 2.24 bits per heavy atom. The zero-order valence-electron chi connectivity index (χ0n) is 9.84. The Morgan fingerprint density at radius 3 is 2.94 bits per heavy atom. The van der Waals surface area contributed by atoms with Crippen LogP contribution in [-0.2, 0) is 11.3 Å². The summed E-state index contributed by atoms with van der Waals surface area (Å²) < 4.78 is 6.98. The lowest BCUT2D eigenvalue weighted by Crippen LogP contribution is -2.05. The van der Waals surface area contributed by atoms with Gasteiger partial charge in [-0.05, 0) is 24.6 Å². The van der Waals surface area contributed by atoms with Crippen LogP contribution in [0.25, 0.3) is 11.3 Å². The summed E-state index contributed by atoms with van der Waals surface area (Å²) in [6.45, 7) is 1.57. The molecule has 0 aliphatic carbocycles. The first-order valence-electron chi connectivity index (χ1n) is 5.54. The highest BCUT2D eigenvalue weighted by molar-refractivity contribution is 5.59. The molecule has 0 spiro atoms. The summed E-state index contributed by atoms with van der Waals surface area (Å²) in [5.74, 6) is 0.527. The molecule has 0 radical (unpaired) electrons. The van der Waals surface area contributed by atoms with Crippen molar-refractivity contribution in [1.82, 2.24) is 14.8 Å². The minimum absolute atomic E-state index is 0.527. The van der Waals surface area contributed by atoms with Crippen molar-refractivity contribution in [3.05, 3.63) is 30.6 Å². The van der Waals surface area contributed by atoms with E-state index in [0.717, 1.165) is 30.8 Å². The number of aromatic nitrogens is 3. The third-order valence-electron chi connectivity index (χ3n) is 2.52. The van der Waals surface area contributed by atoms with Gasteiger partial charge in [-0.1, -0.05) is 0 Å². The van der Waals surface area contributed by atoms with E-state index in [1.165, 1.54) is 0 Å². The number of methoxy groups -OCH3 is 1. The van der Waals surface area contributed by atoms with E-state index in [0.29, 0.717) is 5.82 Å². The molecular weight excluding hydrogens is 216 g/mol. The smallest absolute Gasteiger partial charge is 0.123 e. The summed E-state index contributed by atoms with van der Waals surface area (Å²) in [5.41, 5.74) is 7.64. The van der Waals surface area contributed by atoms with Gasteiger partial charge in [0.15, 0.2) is 0 Å². The monoisotopic (exact) mass is 232 g/mol. The van der Waals surface area contributed by atoms with Crippen molar-refractivity contribution in [3.63, 3.8) is 0 Å². The van der Waals surface area contributed by atoms with Gasteiger partial charge in [-0.25, -0.2) is 4.98 Å². The van der Waals surface area contributed by atoms with Gasteiger partial charge >= 0.3 is 0 Å². The minimum Gasteiger partial charge on any atom is -0.385 e. The summed E-state index contributed by atoms with van der Waals surface area (Å²) in [6.07, 6.45) is 4.49. The molecule has 5 nitrogen and oxygen atoms in total. The molecule has 2 N–H and O–H groups in total. The Bertz CT molecular complexity index is 464. The highest BCUT2D eigenvalue weighted by atomic mass is 16.5. The number of aryl methyl sites for hydroxylation is 1. The van der Waals surface area contributed by atoms with Gasteiger partial charge in [0, 0.05) is 38.2 Å². The van der Waals surface area contributed by atoms with Crippen LogP contribution in [0.15, 0.2) is 30.6 Å². The fourth-order valence-electron chi connectivity index (χ4n) is 1.67. The predicted molar refractivity (Wildman–Crippen MR) is 66.4 cm³/mol. The summed E-state index contributed by atoms with van der Waals surface area (Å²) in [5, 5.41) is 4.29. The Morgan fingerprint density at radius 1 is 1.35 bits per heavy atom. The summed E-state index contributed by atoms with van der Waals surface area (Å²) in [4.78, 5) is 4.08. The summed E-state index contributed by atoms with van der Waals surface area (Å²) in [7, 11) is 1.70. The van der Waals surface area contributed by atoms with Gasteiger partial charge in [0.05, 0.1) is 5.69 Å². The fraction of sp³-hybridized carbons (Fsp3) is 0.333. The van der Waals surface area contributed by atoms with Crippen LogP contribution in [-0.4, -0.2) is 28.5 Å². The fourth-order valence-corrected chi connectivity index (χ4v) is 1.67. The first kappa shape index (κ1) is 11.6. The van der Waals surface area contributed by atoms with Crippen LogP contribution in [0.5, 0.6) is 0 Å². The largest absolute Gasteiger partial charge is 0.385 e. The molecule has 2 aromatic heterocycles. The van der Waals surface area contributed by atoms with Gasteiger partial charge < -0.3 is 10.5 Å². The second-order valence-corrected chi connectivity index (χ2v) is 3.76.